The van der Waals surface area contributed by atoms with Gasteiger partial charge in [-0.1, -0.05) is 0 Å². The molecule has 0 spiro atoms. The molecule has 0 saturated carbocycles. The molecule has 2 N–H and O–H groups in total. The molecule has 1 unspecified atom stereocenters. The van der Waals surface area contributed by atoms with E-state index in [1.54, 1.807) is 18.6 Å². The molecular weight excluding hydrogens is 236 g/mol. The zero-order chi connectivity index (χ0) is 12.9. The van der Waals surface area contributed by atoms with Gasteiger partial charge in [-0.3, -0.25) is 4.79 Å². The Morgan fingerprint density at radius 1 is 1.19 bits per heavy atom. The van der Waals surface area contributed by atoms with E-state index in [0.29, 0.717) is 0 Å². The van der Waals surface area contributed by atoms with Crippen LogP contribution >= 0.6 is 0 Å². The van der Waals surface area contributed by atoms with Crippen LogP contribution in [0, 0.1) is 0 Å². The number of Topliss-reactive ketones (excluding diaryl/α,β-unsaturated/α-hetero) is 1. The Kier molecular flexibility index (Phi) is 5.39. The maximum Gasteiger partial charge on any atom is 0.422 e. The highest BCUT2D eigenvalue weighted by molar-refractivity contribution is 7.88. The summed E-state index contributed by atoms with van der Waals surface area (Å²) in [5.41, 5.74) is 0. The fourth-order valence-corrected chi connectivity index (χ4v) is 1.65. The predicted molar refractivity (Wildman–Crippen MR) is 57.0 cm³/mol. The third kappa shape index (κ3) is 6.36. The number of hydrogen-bond acceptors (Lipinski definition) is 5. The number of ether oxygens (including phenoxy) is 1. The van der Waals surface area contributed by atoms with Crippen LogP contribution in [0.5, 0.6) is 0 Å². The van der Waals surface area contributed by atoms with Gasteiger partial charge in [0.05, 0.1) is 12.1 Å². The lowest BCUT2D eigenvalue weighted by Gasteiger charge is -2.13. The van der Waals surface area contributed by atoms with E-state index in [0.717, 1.165) is 0 Å². The monoisotopic (exact) mass is 252 g/mol. The molecule has 0 aliphatic heterocycles. The van der Waals surface area contributed by atoms with E-state index in [2.05, 4.69) is 4.74 Å². The molecule has 8 heteroatoms. The highest BCUT2D eigenvalue weighted by atomic mass is 32.2. The summed E-state index contributed by atoms with van der Waals surface area (Å²) in [7, 11) is -4.07. The molecular formula is C8H16N2O5S. The molecule has 0 rings (SSSR count). The van der Waals surface area contributed by atoms with Crippen molar-refractivity contribution in [3.8, 4) is 0 Å². The van der Waals surface area contributed by atoms with Gasteiger partial charge in [0.1, 0.15) is 5.78 Å². The second-order valence-corrected chi connectivity index (χ2v) is 4.96. The Balaban J connectivity index is 4.36. The Morgan fingerprint density at radius 2 is 1.69 bits per heavy atom. The van der Waals surface area contributed by atoms with Crippen LogP contribution in [0.25, 0.3) is 0 Å². The summed E-state index contributed by atoms with van der Waals surface area (Å²) in [4.78, 5) is 21.8. The first-order valence-electron chi connectivity index (χ1n) is 4.65. The van der Waals surface area contributed by atoms with Crippen molar-refractivity contribution in [3.63, 3.8) is 0 Å². The molecule has 0 aromatic heterocycles. The van der Waals surface area contributed by atoms with E-state index in [4.69, 9.17) is 0 Å². The van der Waals surface area contributed by atoms with E-state index in [1.165, 1.54) is 13.8 Å². The van der Waals surface area contributed by atoms with Gasteiger partial charge in [-0.2, -0.15) is 13.1 Å². The van der Waals surface area contributed by atoms with Crippen molar-refractivity contribution in [1.29, 1.82) is 0 Å². The summed E-state index contributed by atoms with van der Waals surface area (Å²) in [6.45, 7) is 5.77. The van der Waals surface area contributed by atoms with Crippen LogP contribution in [0.3, 0.4) is 0 Å². The fraction of sp³-hybridized carbons (Fsp3) is 0.750. The second-order valence-electron chi connectivity index (χ2n) is 3.51. The van der Waals surface area contributed by atoms with Crippen LogP contribution in [-0.4, -0.2) is 32.4 Å². The molecule has 7 nitrogen and oxygen atoms in total. The van der Waals surface area contributed by atoms with Gasteiger partial charge in [-0.15, -0.1) is 0 Å². The number of ketones is 1. The van der Waals surface area contributed by atoms with Crippen LogP contribution in [-0.2, 0) is 19.7 Å². The quantitative estimate of drug-likeness (QED) is 0.713. The lowest BCUT2D eigenvalue weighted by atomic mass is 10.3. The van der Waals surface area contributed by atoms with Crippen LogP contribution < -0.4 is 9.44 Å². The molecule has 1 atom stereocenters. The van der Waals surface area contributed by atoms with Crippen molar-refractivity contribution in [2.75, 3.05) is 0 Å². The first-order chi connectivity index (χ1) is 7.14. The van der Waals surface area contributed by atoms with Crippen molar-refractivity contribution in [2.24, 2.45) is 0 Å². The number of carbonyl (C=O) groups excluding carboxylic acids is 2. The van der Waals surface area contributed by atoms with Crippen molar-refractivity contribution in [3.05, 3.63) is 0 Å². The van der Waals surface area contributed by atoms with Crippen molar-refractivity contribution >= 4 is 22.1 Å². The lowest BCUT2D eigenvalue weighted by Crippen LogP contribution is -2.46. The van der Waals surface area contributed by atoms with E-state index < -0.39 is 28.4 Å². The molecule has 0 aliphatic carbocycles. The summed E-state index contributed by atoms with van der Waals surface area (Å²) in [6.07, 6.45) is -1.52. The van der Waals surface area contributed by atoms with Crippen LogP contribution in [0.1, 0.15) is 27.7 Å². The van der Waals surface area contributed by atoms with Crippen molar-refractivity contribution in [1.82, 2.24) is 9.44 Å². The molecule has 0 saturated heterocycles. The first-order valence-corrected chi connectivity index (χ1v) is 6.13. The number of carbonyl (C=O) groups is 2. The Bertz CT molecular complexity index is 363. The number of amides is 1. The summed E-state index contributed by atoms with van der Waals surface area (Å²) in [6, 6.07) is -0.899. The Labute approximate surface area is 94.7 Å². The van der Waals surface area contributed by atoms with Gasteiger partial charge in [0, 0.05) is 0 Å². The van der Waals surface area contributed by atoms with Gasteiger partial charge in [0.2, 0.25) is 0 Å². The average molecular weight is 252 g/mol. The van der Waals surface area contributed by atoms with E-state index in [1.807, 2.05) is 4.72 Å². The Hall–Kier alpha value is -1.15. The summed E-state index contributed by atoms with van der Waals surface area (Å²) in [5, 5.41) is 0. The minimum Gasteiger partial charge on any atom is -0.446 e. The predicted octanol–water partition coefficient (Wildman–Crippen LogP) is -0.0671. The smallest absolute Gasteiger partial charge is 0.422 e. The molecule has 0 fully saturated rings. The molecule has 0 aliphatic rings. The van der Waals surface area contributed by atoms with E-state index >= 15 is 0 Å². The van der Waals surface area contributed by atoms with Gasteiger partial charge in [0.15, 0.2) is 0 Å². The van der Waals surface area contributed by atoms with Crippen LogP contribution in [0.4, 0.5) is 4.79 Å². The minimum atomic E-state index is -4.07. The van der Waals surface area contributed by atoms with E-state index in [9.17, 15) is 18.0 Å². The number of hydrogen-bond donors (Lipinski definition) is 2. The van der Waals surface area contributed by atoms with E-state index in [-0.39, 0.29) is 5.78 Å². The normalized spacial score (nSPS) is 13.3. The lowest BCUT2D eigenvalue weighted by molar-refractivity contribution is -0.118. The number of nitrogens with one attached hydrogen (secondary N) is 2. The molecule has 1 amide bonds. The van der Waals surface area contributed by atoms with Crippen LogP contribution in [0.15, 0.2) is 0 Å². The molecule has 0 bridgehead atoms. The summed E-state index contributed by atoms with van der Waals surface area (Å²) < 4.78 is 30.7. The molecule has 0 aromatic carbocycles. The molecule has 16 heavy (non-hydrogen) atoms. The molecule has 94 valence electrons. The maximum atomic E-state index is 11.3. The summed E-state index contributed by atoms with van der Waals surface area (Å²) in [5.74, 6) is -0.359. The topological polar surface area (TPSA) is 102 Å². The zero-order valence-corrected chi connectivity index (χ0v) is 10.4. The number of rotatable bonds is 5. The largest absolute Gasteiger partial charge is 0.446 e. The third-order valence-electron chi connectivity index (χ3n) is 1.50. The van der Waals surface area contributed by atoms with Gasteiger partial charge in [-0.25, -0.2) is 9.52 Å². The third-order valence-corrected chi connectivity index (χ3v) is 2.60. The van der Waals surface area contributed by atoms with Gasteiger partial charge >= 0.3 is 16.3 Å². The minimum absolute atomic E-state index is 0.359. The van der Waals surface area contributed by atoms with Crippen LogP contribution in [0.2, 0.25) is 0 Å². The molecule has 0 radical (unpaired) electrons. The molecule has 0 heterocycles. The first kappa shape index (κ1) is 14.8. The average Bonchev–Trinajstić information content (AvgIpc) is 1.98. The van der Waals surface area contributed by atoms with Gasteiger partial charge in [0.25, 0.3) is 0 Å². The maximum absolute atomic E-state index is 11.3. The Morgan fingerprint density at radius 3 is 2.06 bits per heavy atom. The van der Waals surface area contributed by atoms with Gasteiger partial charge < -0.3 is 4.74 Å². The van der Waals surface area contributed by atoms with Crippen molar-refractivity contribution in [2.45, 2.75) is 39.8 Å². The SMILES string of the molecule is CC(=O)C(C)NS(=O)(=O)NC(=O)OC(C)C. The van der Waals surface area contributed by atoms with Gasteiger partial charge in [-0.05, 0) is 27.7 Å². The fourth-order valence-electron chi connectivity index (χ4n) is 0.693. The highest BCUT2D eigenvalue weighted by Gasteiger charge is 2.20. The zero-order valence-electron chi connectivity index (χ0n) is 9.60. The standard InChI is InChI=1S/C8H16N2O5S/c1-5(2)15-8(12)10-16(13,14)9-6(3)7(4)11/h5-6,9H,1-4H3,(H,10,12). The molecule has 0 aromatic rings. The second kappa shape index (κ2) is 5.80. The summed E-state index contributed by atoms with van der Waals surface area (Å²) >= 11 is 0. The van der Waals surface area contributed by atoms with Crippen molar-refractivity contribution < 1.29 is 22.7 Å². The highest BCUT2D eigenvalue weighted by Crippen LogP contribution is 1.92.